The number of carbonyl (C=O) groups is 2. The van der Waals surface area contributed by atoms with E-state index >= 15 is 0 Å². The van der Waals surface area contributed by atoms with E-state index in [0.717, 1.165) is 51.0 Å². The van der Waals surface area contributed by atoms with Crippen molar-refractivity contribution in [1.82, 2.24) is 15.1 Å². The average molecular weight is 367 g/mol. The van der Waals surface area contributed by atoms with Crippen LogP contribution in [0.1, 0.15) is 45.4 Å². The van der Waals surface area contributed by atoms with Crippen LogP contribution in [-0.4, -0.2) is 75.0 Å². The van der Waals surface area contributed by atoms with Gasteiger partial charge in [0.05, 0.1) is 17.9 Å². The van der Waals surface area contributed by atoms with Gasteiger partial charge >= 0.3 is 5.97 Å². The van der Waals surface area contributed by atoms with Crippen molar-refractivity contribution in [1.29, 1.82) is 0 Å². The lowest BCUT2D eigenvalue weighted by molar-refractivity contribution is -0.149. The summed E-state index contributed by atoms with van der Waals surface area (Å²) in [5.41, 5.74) is -0.338. The van der Waals surface area contributed by atoms with E-state index in [1.165, 1.54) is 0 Å². The van der Waals surface area contributed by atoms with Crippen molar-refractivity contribution in [2.45, 2.75) is 45.4 Å². The van der Waals surface area contributed by atoms with Crippen LogP contribution in [0, 0.1) is 11.3 Å². The van der Waals surface area contributed by atoms with Crippen molar-refractivity contribution in [3.63, 3.8) is 0 Å². The molecule has 1 aliphatic carbocycles. The normalized spacial score (nSPS) is 22.8. The van der Waals surface area contributed by atoms with Gasteiger partial charge in [-0.25, -0.2) is 0 Å². The summed E-state index contributed by atoms with van der Waals surface area (Å²) < 4.78 is 5.18. The van der Waals surface area contributed by atoms with E-state index in [2.05, 4.69) is 15.2 Å². The summed E-state index contributed by atoms with van der Waals surface area (Å²) in [5, 5.41) is 3.43. The molecule has 7 heteroatoms. The number of aliphatic imine (C=N–C) groups is 1. The standard InChI is InChI=1S/C19H34N4O3/c1-5-26-16(24)15-9-8-12-23(13-15)18(20-2)21-14-19(10-6-7-11-19)17(25)22(3)4/h15H,5-14H2,1-4H3,(H,20,21). The molecule has 1 N–H and O–H groups in total. The minimum Gasteiger partial charge on any atom is -0.466 e. The van der Waals surface area contributed by atoms with Gasteiger partial charge in [-0.05, 0) is 32.6 Å². The molecule has 0 aromatic rings. The molecule has 1 atom stereocenters. The van der Waals surface area contributed by atoms with Crippen LogP contribution in [0.25, 0.3) is 0 Å². The zero-order valence-corrected chi connectivity index (χ0v) is 16.7. The number of guanidine groups is 1. The number of carbonyl (C=O) groups excluding carboxylic acids is 2. The van der Waals surface area contributed by atoms with Gasteiger partial charge in [0.1, 0.15) is 0 Å². The SMILES string of the molecule is CCOC(=O)C1CCCN(C(=NC)NCC2(C(=O)N(C)C)CCCC2)C1. The zero-order valence-electron chi connectivity index (χ0n) is 16.7. The Kier molecular flexibility index (Phi) is 7.29. The molecule has 1 heterocycles. The molecule has 26 heavy (non-hydrogen) atoms. The second-order valence-corrected chi connectivity index (χ2v) is 7.62. The van der Waals surface area contributed by atoms with Crippen molar-refractivity contribution < 1.29 is 14.3 Å². The van der Waals surface area contributed by atoms with Crippen molar-refractivity contribution in [2.75, 3.05) is 47.4 Å². The van der Waals surface area contributed by atoms with Crippen molar-refractivity contribution in [2.24, 2.45) is 16.3 Å². The number of nitrogens with zero attached hydrogens (tertiary/aromatic N) is 3. The summed E-state index contributed by atoms with van der Waals surface area (Å²) in [6.45, 7) is 4.33. The molecule has 0 radical (unpaired) electrons. The summed E-state index contributed by atoms with van der Waals surface area (Å²) >= 11 is 0. The molecule has 2 rings (SSSR count). The number of hydrogen-bond acceptors (Lipinski definition) is 4. The minimum absolute atomic E-state index is 0.105. The monoisotopic (exact) mass is 366 g/mol. The van der Waals surface area contributed by atoms with Gasteiger partial charge in [-0.1, -0.05) is 12.8 Å². The van der Waals surface area contributed by atoms with Crippen molar-refractivity contribution >= 4 is 17.8 Å². The van der Waals surface area contributed by atoms with Gasteiger partial charge < -0.3 is 19.9 Å². The summed E-state index contributed by atoms with van der Waals surface area (Å²) in [6.07, 6.45) is 5.81. The lowest BCUT2D eigenvalue weighted by Gasteiger charge is -2.36. The Labute approximate surface area is 157 Å². The number of likely N-dealkylation sites (tertiary alicyclic amines) is 1. The molecule has 0 bridgehead atoms. The highest BCUT2D eigenvalue weighted by Crippen LogP contribution is 2.39. The number of nitrogens with one attached hydrogen (secondary N) is 1. The first kappa shape index (κ1) is 20.5. The van der Waals surface area contributed by atoms with Crippen molar-refractivity contribution in [3.8, 4) is 0 Å². The summed E-state index contributed by atoms with van der Waals surface area (Å²) in [7, 11) is 5.41. The Bertz CT molecular complexity index is 527. The predicted octanol–water partition coefficient (Wildman–Crippen LogP) is 1.49. The topological polar surface area (TPSA) is 74.2 Å². The molecule has 1 unspecified atom stereocenters. The number of ether oxygens (including phenoxy) is 1. The maximum Gasteiger partial charge on any atom is 0.310 e. The minimum atomic E-state index is -0.338. The molecule has 2 fully saturated rings. The van der Waals surface area contributed by atoms with Crippen LogP contribution in [0.3, 0.4) is 0 Å². The fourth-order valence-electron chi connectivity index (χ4n) is 4.19. The number of amides is 1. The fourth-order valence-corrected chi connectivity index (χ4v) is 4.19. The third-order valence-corrected chi connectivity index (χ3v) is 5.56. The number of hydrogen-bond donors (Lipinski definition) is 1. The van der Waals surface area contributed by atoms with Gasteiger partial charge in [0, 0.05) is 40.8 Å². The van der Waals surface area contributed by atoms with E-state index in [0.29, 0.717) is 19.7 Å². The van der Waals surface area contributed by atoms with E-state index in [1.54, 1.807) is 11.9 Å². The maximum absolute atomic E-state index is 12.7. The van der Waals surface area contributed by atoms with Gasteiger partial charge in [-0.3, -0.25) is 14.6 Å². The molecular formula is C19H34N4O3. The summed E-state index contributed by atoms with van der Waals surface area (Å²) in [6, 6.07) is 0. The highest BCUT2D eigenvalue weighted by atomic mass is 16.5. The van der Waals surface area contributed by atoms with E-state index in [9.17, 15) is 9.59 Å². The van der Waals surface area contributed by atoms with Gasteiger partial charge in [0.25, 0.3) is 0 Å². The van der Waals surface area contributed by atoms with Gasteiger partial charge in [-0.2, -0.15) is 0 Å². The van der Waals surface area contributed by atoms with Crippen LogP contribution < -0.4 is 5.32 Å². The van der Waals surface area contributed by atoms with E-state index < -0.39 is 0 Å². The third kappa shape index (κ3) is 4.68. The Morgan fingerprint density at radius 2 is 1.96 bits per heavy atom. The highest BCUT2D eigenvalue weighted by molar-refractivity contribution is 5.85. The number of rotatable bonds is 5. The van der Waals surface area contributed by atoms with Crippen LogP contribution in [-0.2, 0) is 14.3 Å². The number of esters is 1. The van der Waals surface area contributed by atoms with Gasteiger partial charge in [0.15, 0.2) is 5.96 Å². The molecule has 0 aromatic carbocycles. The second-order valence-electron chi connectivity index (χ2n) is 7.62. The van der Waals surface area contributed by atoms with Crippen LogP contribution in [0.4, 0.5) is 0 Å². The van der Waals surface area contributed by atoms with Crippen LogP contribution in [0.15, 0.2) is 4.99 Å². The summed E-state index contributed by atoms with van der Waals surface area (Å²) in [4.78, 5) is 33.0. The van der Waals surface area contributed by atoms with Crippen molar-refractivity contribution in [3.05, 3.63) is 0 Å². The summed E-state index contributed by atoms with van der Waals surface area (Å²) in [5.74, 6) is 0.742. The van der Waals surface area contributed by atoms with E-state index in [-0.39, 0.29) is 23.2 Å². The lowest BCUT2D eigenvalue weighted by Crippen LogP contribution is -2.52. The molecule has 7 nitrogen and oxygen atoms in total. The molecular weight excluding hydrogens is 332 g/mol. The molecule has 0 spiro atoms. The third-order valence-electron chi connectivity index (χ3n) is 5.56. The Hall–Kier alpha value is -1.79. The molecule has 148 valence electrons. The van der Waals surface area contributed by atoms with Crippen LogP contribution in [0.2, 0.25) is 0 Å². The van der Waals surface area contributed by atoms with Crippen LogP contribution in [0.5, 0.6) is 0 Å². The quantitative estimate of drug-likeness (QED) is 0.453. The Morgan fingerprint density at radius 1 is 1.27 bits per heavy atom. The van der Waals surface area contributed by atoms with E-state index in [1.807, 2.05) is 21.0 Å². The van der Waals surface area contributed by atoms with Gasteiger partial charge in [0.2, 0.25) is 5.91 Å². The number of piperidine rings is 1. The molecule has 2 aliphatic rings. The predicted molar refractivity (Wildman–Crippen MR) is 102 cm³/mol. The molecule has 1 aliphatic heterocycles. The van der Waals surface area contributed by atoms with Gasteiger partial charge in [-0.15, -0.1) is 0 Å². The Balaban J connectivity index is 2.00. The first-order chi connectivity index (χ1) is 12.4. The molecule has 1 saturated heterocycles. The highest BCUT2D eigenvalue weighted by Gasteiger charge is 2.42. The maximum atomic E-state index is 12.7. The Morgan fingerprint density at radius 3 is 2.54 bits per heavy atom. The average Bonchev–Trinajstić information content (AvgIpc) is 3.12. The fraction of sp³-hybridized carbons (Fsp3) is 0.842. The van der Waals surface area contributed by atoms with Crippen LogP contribution >= 0.6 is 0 Å². The first-order valence-electron chi connectivity index (χ1n) is 9.77. The lowest BCUT2D eigenvalue weighted by atomic mass is 9.84. The second kappa shape index (κ2) is 9.24. The largest absolute Gasteiger partial charge is 0.466 e. The van der Waals surface area contributed by atoms with E-state index in [4.69, 9.17) is 4.74 Å². The smallest absolute Gasteiger partial charge is 0.310 e. The molecule has 1 saturated carbocycles. The first-order valence-corrected chi connectivity index (χ1v) is 9.77. The molecule has 0 aromatic heterocycles. The zero-order chi connectivity index (χ0) is 19.2. The molecule has 1 amide bonds.